The van der Waals surface area contributed by atoms with Crippen molar-refractivity contribution < 1.29 is 4.74 Å². The lowest BCUT2D eigenvalue weighted by Gasteiger charge is -2.20. The molecular formula is C22H28ClN3O. The van der Waals surface area contributed by atoms with Crippen LogP contribution in [0.15, 0.2) is 59.6 Å². The minimum Gasteiger partial charge on any atom is -0.373 e. The molecule has 1 saturated heterocycles. The molecule has 1 fully saturated rings. The molecule has 5 heteroatoms. The van der Waals surface area contributed by atoms with Crippen molar-refractivity contribution in [1.29, 1.82) is 0 Å². The molecule has 0 bridgehead atoms. The van der Waals surface area contributed by atoms with Gasteiger partial charge in [-0.2, -0.15) is 0 Å². The Balaban J connectivity index is 1.65. The molecule has 0 aromatic heterocycles. The van der Waals surface area contributed by atoms with E-state index in [1.165, 1.54) is 11.1 Å². The zero-order valence-corrected chi connectivity index (χ0v) is 16.7. The topological polar surface area (TPSA) is 45.7 Å². The summed E-state index contributed by atoms with van der Waals surface area (Å²) in [6.45, 7) is 6.56. The van der Waals surface area contributed by atoms with Gasteiger partial charge in [0, 0.05) is 30.6 Å². The first-order valence-electron chi connectivity index (χ1n) is 9.64. The average Bonchev–Trinajstić information content (AvgIpc) is 3.16. The van der Waals surface area contributed by atoms with Crippen LogP contribution in [0.3, 0.4) is 0 Å². The first-order chi connectivity index (χ1) is 13.2. The zero-order valence-electron chi connectivity index (χ0n) is 16.0. The molecule has 1 heterocycles. The molecule has 144 valence electrons. The van der Waals surface area contributed by atoms with Crippen LogP contribution in [0.4, 0.5) is 0 Å². The molecule has 0 spiro atoms. The van der Waals surface area contributed by atoms with Gasteiger partial charge in [-0.1, -0.05) is 54.1 Å². The highest BCUT2D eigenvalue weighted by atomic mass is 35.5. The fourth-order valence-corrected chi connectivity index (χ4v) is 3.53. The Morgan fingerprint density at radius 3 is 2.63 bits per heavy atom. The number of hydrogen-bond acceptors (Lipinski definition) is 2. The molecule has 0 radical (unpaired) electrons. The monoisotopic (exact) mass is 385 g/mol. The van der Waals surface area contributed by atoms with Crippen molar-refractivity contribution in [2.75, 3.05) is 19.7 Å². The summed E-state index contributed by atoms with van der Waals surface area (Å²) in [5, 5.41) is 7.58. The second-order valence-electron chi connectivity index (χ2n) is 6.89. The Hall–Kier alpha value is -2.04. The van der Waals surface area contributed by atoms with Crippen molar-refractivity contribution in [3.8, 4) is 0 Å². The largest absolute Gasteiger partial charge is 0.373 e. The third-order valence-electron chi connectivity index (χ3n) is 4.89. The van der Waals surface area contributed by atoms with Crippen LogP contribution in [0.5, 0.6) is 0 Å². The highest BCUT2D eigenvalue weighted by molar-refractivity contribution is 6.30. The van der Waals surface area contributed by atoms with E-state index in [-0.39, 0.29) is 12.1 Å². The molecule has 0 aliphatic carbocycles. The van der Waals surface area contributed by atoms with Crippen LogP contribution in [-0.4, -0.2) is 25.7 Å². The Labute approximate surface area is 167 Å². The second-order valence-corrected chi connectivity index (χ2v) is 7.32. The van der Waals surface area contributed by atoms with E-state index in [0.717, 1.165) is 37.1 Å². The summed E-state index contributed by atoms with van der Waals surface area (Å²) >= 11 is 5.99. The Bertz CT molecular complexity index is 733. The van der Waals surface area contributed by atoms with Gasteiger partial charge in [-0.15, -0.1) is 0 Å². The second kappa shape index (κ2) is 9.77. The highest BCUT2D eigenvalue weighted by Crippen LogP contribution is 2.34. The molecule has 1 aliphatic heterocycles. The van der Waals surface area contributed by atoms with Gasteiger partial charge < -0.3 is 15.4 Å². The molecule has 27 heavy (non-hydrogen) atoms. The van der Waals surface area contributed by atoms with Crippen LogP contribution >= 0.6 is 11.6 Å². The van der Waals surface area contributed by atoms with Gasteiger partial charge in [0.15, 0.2) is 5.96 Å². The van der Waals surface area contributed by atoms with Gasteiger partial charge in [-0.3, -0.25) is 4.99 Å². The number of guanidine groups is 1. The molecule has 2 N–H and O–H groups in total. The van der Waals surface area contributed by atoms with Gasteiger partial charge in [-0.05, 0) is 43.5 Å². The van der Waals surface area contributed by atoms with Crippen LogP contribution in [0.25, 0.3) is 0 Å². The number of halogens is 1. The molecular weight excluding hydrogens is 358 g/mol. The smallest absolute Gasteiger partial charge is 0.191 e. The van der Waals surface area contributed by atoms with Gasteiger partial charge in [0.1, 0.15) is 0 Å². The van der Waals surface area contributed by atoms with Crippen molar-refractivity contribution in [3.63, 3.8) is 0 Å². The zero-order chi connectivity index (χ0) is 19.1. The summed E-state index contributed by atoms with van der Waals surface area (Å²) in [6.07, 6.45) is 1.17. The third kappa shape index (κ3) is 5.47. The van der Waals surface area contributed by atoms with Crippen LogP contribution in [0.1, 0.15) is 43.5 Å². The van der Waals surface area contributed by atoms with Gasteiger partial charge in [-0.25, -0.2) is 0 Å². The van der Waals surface area contributed by atoms with Gasteiger partial charge in [0.2, 0.25) is 0 Å². The van der Waals surface area contributed by atoms with Gasteiger partial charge in [0.05, 0.1) is 12.1 Å². The SMILES string of the molecule is CCNC(=NCC1CCOC1c1ccccc1)NC(C)c1ccc(Cl)cc1. The van der Waals surface area contributed by atoms with E-state index in [9.17, 15) is 0 Å². The summed E-state index contributed by atoms with van der Waals surface area (Å²) in [4.78, 5) is 4.84. The van der Waals surface area contributed by atoms with E-state index < -0.39 is 0 Å². The van der Waals surface area contributed by atoms with Crippen LogP contribution < -0.4 is 10.6 Å². The number of ether oxygens (including phenoxy) is 1. The minimum atomic E-state index is 0.131. The Morgan fingerprint density at radius 2 is 1.93 bits per heavy atom. The third-order valence-corrected chi connectivity index (χ3v) is 5.15. The number of benzene rings is 2. The molecule has 3 atom stereocenters. The normalized spacial score (nSPS) is 21.1. The molecule has 3 unspecified atom stereocenters. The van der Waals surface area contributed by atoms with Crippen LogP contribution in [0.2, 0.25) is 5.02 Å². The van der Waals surface area contributed by atoms with Crippen molar-refractivity contribution in [3.05, 3.63) is 70.7 Å². The summed E-state index contributed by atoms with van der Waals surface area (Å²) in [6, 6.07) is 18.5. The van der Waals surface area contributed by atoms with E-state index in [0.29, 0.717) is 5.92 Å². The first kappa shape index (κ1) is 19.7. The lowest BCUT2D eigenvalue weighted by Crippen LogP contribution is -2.39. The maximum atomic E-state index is 5.99. The highest BCUT2D eigenvalue weighted by Gasteiger charge is 2.29. The predicted molar refractivity (Wildman–Crippen MR) is 112 cm³/mol. The van der Waals surface area contributed by atoms with E-state index in [2.05, 4.69) is 48.7 Å². The molecule has 0 saturated carbocycles. The fraction of sp³-hybridized carbons (Fsp3) is 0.409. The first-order valence-corrected chi connectivity index (χ1v) is 10.0. The summed E-state index contributed by atoms with van der Waals surface area (Å²) < 4.78 is 5.98. The maximum absolute atomic E-state index is 5.99. The standard InChI is InChI=1S/C22H28ClN3O/c1-3-24-22(26-16(2)17-9-11-20(23)12-10-17)25-15-19-13-14-27-21(19)18-7-5-4-6-8-18/h4-12,16,19,21H,3,13-15H2,1-2H3,(H2,24,25,26). The number of rotatable bonds is 6. The van der Waals surface area contributed by atoms with Gasteiger partial charge >= 0.3 is 0 Å². The van der Waals surface area contributed by atoms with Gasteiger partial charge in [0.25, 0.3) is 0 Å². The number of aliphatic imine (C=N–C) groups is 1. The number of nitrogens with zero attached hydrogens (tertiary/aromatic N) is 1. The number of hydrogen-bond donors (Lipinski definition) is 2. The van der Waals surface area contributed by atoms with E-state index >= 15 is 0 Å². The Kier molecular flexibility index (Phi) is 7.13. The summed E-state index contributed by atoms with van der Waals surface area (Å²) in [5.74, 6) is 1.23. The predicted octanol–water partition coefficient (Wildman–Crippen LogP) is 4.73. The van der Waals surface area contributed by atoms with Crippen molar-refractivity contribution in [2.24, 2.45) is 10.9 Å². The van der Waals surface area contributed by atoms with E-state index in [1.54, 1.807) is 0 Å². The van der Waals surface area contributed by atoms with Crippen molar-refractivity contribution in [2.45, 2.75) is 32.4 Å². The van der Waals surface area contributed by atoms with Crippen molar-refractivity contribution in [1.82, 2.24) is 10.6 Å². The number of nitrogens with one attached hydrogen (secondary N) is 2. The molecule has 1 aliphatic rings. The summed E-state index contributed by atoms with van der Waals surface area (Å²) in [5.41, 5.74) is 2.42. The van der Waals surface area contributed by atoms with Crippen LogP contribution in [0, 0.1) is 5.92 Å². The van der Waals surface area contributed by atoms with Crippen LogP contribution in [-0.2, 0) is 4.74 Å². The average molecular weight is 386 g/mol. The van der Waals surface area contributed by atoms with E-state index in [4.69, 9.17) is 21.3 Å². The molecule has 3 rings (SSSR count). The maximum Gasteiger partial charge on any atom is 0.191 e. The molecule has 2 aromatic rings. The molecule has 0 amide bonds. The van der Waals surface area contributed by atoms with E-state index in [1.807, 2.05) is 30.3 Å². The fourth-order valence-electron chi connectivity index (χ4n) is 3.40. The Morgan fingerprint density at radius 1 is 1.19 bits per heavy atom. The molecule has 4 nitrogen and oxygen atoms in total. The minimum absolute atomic E-state index is 0.131. The van der Waals surface area contributed by atoms with Crippen molar-refractivity contribution >= 4 is 17.6 Å². The quantitative estimate of drug-likeness (QED) is 0.558. The molecule has 2 aromatic carbocycles. The lowest BCUT2D eigenvalue weighted by molar-refractivity contribution is 0.0925. The lowest BCUT2D eigenvalue weighted by atomic mass is 9.95. The summed E-state index contributed by atoms with van der Waals surface area (Å²) in [7, 11) is 0.